The summed E-state index contributed by atoms with van der Waals surface area (Å²) < 4.78 is 0. The van der Waals surface area contributed by atoms with Crippen LogP contribution < -0.4 is 16.8 Å². The lowest BCUT2D eigenvalue weighted by atomic mass is 10.0. The summed E-state index contributed by atoms with van der Waals surface area (Å²) in [4.78, 5) is 22.5. The molecule has 2 atom stereocenters. The molecule has 0 aliphatic heterocycles. The molecule has 0 aromatic heterocycles. The molecule has 0 aliphatic rings. The van der Waals surface area contributed by atoms with Gasteiger partial charge in [0.05, 0.1) is 6.04 Å². The van der Waals surface area contributed by atoms with E-state index in [1.807, 2.05) is 0 Å². The number of nitrogens with one attached hydrogen (secondary N) is 1. The van der Waals surface area contributed by atoms with Gasteiger partial charge in [0.1, 0.15) is 6.04 Å². The SMILES string of the molecule is CC(C)C(NC(=O)[C@@H](N)CCCCN)C(=O)O. The average Bonchev–Trinajstić information content (AvgIpc) is 2.24. The third kappa shape index (κ3) is 6.23. The summed E-state index contributed by atoms with van der Waals surface area (Å²) in [5.41, 5.74) is 11.0. The first-order valence-electron chi connectivity index (χ1n) is 5.89. The highest BCUT2D eigenvalue weighted by Crippen LogP contribution is 2.04. The predicted octanol–water partition coefficient (Wildman–Crippen LogP) is -0.332. The van der Waals surface area contributed by atoms with E-state index in [4.69, 9.17) is 16.6 Å². The summed E-state index contributed by atoms with van der Waals surface area (Å²) in [6, 6.07) is -1.55. The molecule has 1 amide bonds. The quantitative estimate of drug-likeness (QED) is 0.437. The Hall–Kier alpha value is -1.14. The number of carbonyl (C=O) groups is 2. The fraction of sp³-hybridized carbons (Fsp3) is 0.818. The standard InChI is InChI=1S/C11H23N3O3/c1-7(2)9(11(16)17)14-10(15)8(13)5-3-4-6-12/h7-9H,3-6,12-13H2,1-2H3,(H,14,15)(H,16,17)/t8-,9?/m0/s1. The maximum atomic E-state index is 11.6. The average molecular weight is 245 g/mol. The van der Waals surface area contributed by atoms with Gasteiger partial charge in [-0.1, -0.05) is 20.3 Å². The van der Waals surface area contributed by atoms with Crippen LogP contribution in [-0.4, -0.2) is 35.6 Å². The molecule has 6 nitrogen and oxygen atoms in total. The summed E-state index contributed by atoms with van der Waals surface area (Å²) in [7, 11) is 0. The summed E-state index contributed by atoms with van der Waals surface area (Å²) in [6.07, 6.45) is 2.10. The van der Waals surface area contributed by atoms with Crippen molar-refractivity contribution in [2.45, 2.75) is 45.2 Å². The van der Waals surface area contributed by atoms with Gasteiger partial charge in [0.15, 0.2) is 0 Å². The Kier molecular flexibility index (Phi) is 7.49. The number of rotatable bonds is 8. The molecular weight excluding hydrogens is 222 g/mol. The van der Waals surface area contributed by atoms with Crippen molar-refractivity contribution in [1.29, 1.82) is 0 Å². The molecule has 0 rings (SSSR count). The zero-order chi connectivity index (χ0) is 13.4. The van der Waals surface area contributed by atoms with Crippen molar-refractivity contribution in [2.24, 2.45) is 17.4 Å². The first kappa shape index (κ1) is 15.9. The summed E-state index contributed by atoms with van der Waals surface area (Å²) in [5, 5.41) is 11.4. The minimum absolute atomic E-state index is 0.173. The molecule has 0 aromatic rings. The van der Waals surface area contributed by atoms with Gasteiger partial charge in [0.25, 0.3) is 0 Å². The Morgan fingerprint density at radius 1 is 1.29 bits per heavy atom. The topological polar surface area (TPSA) is 118 Å². The normalized spacial score (nSPS) is 14.4. The van der Waals surface area contributed by atoms with Gasteiger partial charge < -0.3 is 21.9 Å². The maximum absolute atomic E-state index is 11.6. The lowest BCUT2D eigenvalue weighted by Crippen LogP contribution is -2.50. The largest absolute Gasteiger partial charge is 0.480 e. The molecule has 0 spiro atoms. The molecule has 0 radical (unpaired) electrons. The van der Waals surface area contributed by atoms with E-state index < -0.39 is 24.0 Å². The monoisotopic (exact) mass is 245 g/mol. The van der Waals surface area contributed by atoms with Crippen LogP contribution in [0.1, 0.15) is 33.1 Å². The van der Waals surface area contributed by atoms with Gasteiger partial charge in [0.2, 0.25) is 5.91 Å². The van der Waals surface area contributed by atoms with Crippen molar-refractivity contribution in [2.75, 3.05) is 6.54 Å². The smallest absolute Gasteiger partial charge is 0.326 e. The van der Waals surface area contributed by atoms with Crippen molar-refractivity contribution < 1.29 is 14.7 Å². The number of hydrogen-bond acceptors (Lipinski definition) is 4. The zero-order valence-corrected chi connectivity index (χ0v) is 10.5. The molecule has 0 saturated heterocycles. The van der Waals surface area contributed by atoms with Crippen LogP contribution in [0.4, 0.5) is 0 Å². The highest BCUT2D eigenvalue weighted by molar-refractivity contribution is 5.86. The number of carboxylic acid groups (broad SMARTS) is 1. The predicted molar refractivity (Wildman–Crippen MR) is 65.3 cm³/mol. The van der Waals surface area contributed by atoms with Crippen molar-refractivity contribution in [1.82, 2.24) is 5.32 Å². The number of carbonyl (C=O) groups excluding carboxylic acids is 1. The van der Waals surface area contributed by atoms with Gasteiger partial charge >= 0.3 is 5.97 Å². The van der Waals surface area contributed by atoms with Gasteiger partial charge in [0, 0.05) is 0 Å². The van der Waals surface area contributed by atoms with Gasteiger partial charge in [-0.3, -0.25) is 4.79 Å². The van der Waals surface area contributed by atoms with Crippen LogP contribution in [0.25, 0.3) is 0 Å². The van der Waals surface area contributed by atoms with Crippen LogP contribution in [0.15, 0.2) is 0 Å². The highest BCUT2D eigenvalue weighted by atomic mass is 16.4. The maximum Gasteiger partial charge on any atom is 0.326 e. The Morgan fingerprint density at radius 3 is 2.29 bits per heavy atom. The highest BCUT2D eigenvalue weighted by Gasteiger charge is 2.25. The summed E-state index contributed by atoms with van der Waals surface area (Å²) >= 11 is 0. The van der Waals surface area contributed by atoms with Gasteiger partial charge in [-0.15, -0.1) is 0 Å². The molecule has 0 heterocycles. The number of unbranched alkanes of at least 4 members (excludes halogenated alkanes) is 1. The second kappa shape index (κ2) is 8.03. The van der Waals surface area contributed by atoms with Gasteiger partial charge in [-0.25, -0.2) is 4.79 Å². The first-order chi connectivity index (χ1) is 7.90. The molecular formula is C11H23N3O3. The lowest BCUT2D eigenvalue weighted by Gasteiger charge is -2.20. The summed E-state index contributed by atoms with van der Waals surface area (Å²) in [5.74, 6) is -1.63. The van der Waals surface area contributed by atoms with Gasteiger partial charge in [-0.05, 0) is 25.3 Å². The molecule has 0 aliphatic carbocycles. The minimum Gasteiger partial charge on any atom is -0.480 e. The van der Waals surface area contributed by atoms with E-state index in [9.17, 15) is 9.59 Å². The molecule has 1 unspecified atom stereocenters. The minimum atomic E-state index is -1.04. The fourth-order valence-electron chi connectivity index (χ4n) is 1.41. The van der Waals surface area contributed by atoms with Crippen LogP contribution in [0.3, 0.4) is 0 Å². The summed E-state index contributed by atoms with van der Waals surface area (Å²) in [6.45, 7) is 4.04. The number of amides is 1. The second-order valence-corrected chi connectivity index (χ2v) is 4.46. The number of nitrogens with two attached hydrogens (primary N) is 2. The van der Waals surface area contributed by atoms with Crippen LogP contribution in [0, 0.1) is 5.92 Å². The Bertz CT molecular complexity index is 256. The van der Waals surface area contributed by atoms with E-state index in [0.717, 1.165) is 12.8 Å². The molecule has 0 bridgehead atoms. The molecule has 17 heavy (non-hydrogen) atoms. The van der Waals surface area contributed by atoms with E-state index in [0.29, 0.717) is 13.0 Å². The molecule has 0 fully saturated rings. The number of aliphatic carboxylic acids is 1. The third-order valence-electron chi connectivity index (χ3n) is 2.54. The molecule has 6 heteroatoms. The molecule has 0 aromatic carbocycles. The zero-order valence-electron chi connectivity index (χ0n) is 10.5. The van der Waals surface area contributed by atoms with E-state index in [2.05, 4.69) is 5.32 Å². The second-order valence-electron chi connectivity index (χ2n) is 4.46. The van der Waals surface area contributed by atoms with E-state index >= 15 is 0 Å². The van der Waals surface area contributed by atoms with Crippen molar-refractivity contribution in [3.8, 4) is 0 Å². The van der Waals surface area contributed by atoms with E-state index in [-0.39, 0.29) is 5.92 Å². The van der Waals surface area contributed by atoms with Crippen molar-refractivity contribution >= 4 is 11.9 Å². The first-order valence-corrected chi connectivity index (χ1v) is 5.89. The third-order valence-corrected chi connectivity index (χ3v) is 2.54. The lowest BCUT2D eigenvalue weighted by molar-refractivity contribution is -0.143. The Labute approximate surface area is 102 Å². The fourth-order valence-corrected chi connectivity index (χ4v) is 1.41. The van der Waals surface area contributed by atoms with Crippen LogP contribution in [0.5, 0.6) is 0 Å². The van der Waals surface area contributed by atoms with Gasteiger partial charge in [-0.2, -0.15) is 0 Å². The number of hydrogen-bond donors (Lipinski definition) is 4. The Morgan fingerprint density at radius 2 is 1.88 bits per heavy atom. The Balaban J connectivity index is 4.16. The molecule has 6 N–H and O–H groups in total. The van der Waals surface area contributed by atoms with Crippen molar-refractivity contribution in [3.63, 3.8) is 0 Å². The van der Waals surface area contributed by atoms with E-state index in [1.165, 1.54) is 0 Å². The van der Waals surface area contributed by atoms with Crippen LogP contribution in [-0.2, 0) is 9.59 Å². The number of carboxylic acids is 1. The van der Waals surface area contributed by atoms with Crippen molar-refractivity contribution in [3.05, 3.63) is 0 Å². The van der Waals surface area contributed by atoms with Crippen LogP contribution in [0.2, 0.25) is 0 Å². The molecule has 0 saturated carbocycles. The molecule has 100 valence electrons. The van der Waals surface area contributed by atoms with Crippen LogP contribution >= 0.6 is 0 Å². The van der Waals surface area contributed by atoms with E-state index in [1.54, 1.807) is 13.8 Å².